The Hall–Kier alpha value is -2.89. The molecule has 2 rings (SSSR count). The number of hydrogen-bond acceptors (Lipinski definition) is 5. The van der Waals surface area contributed by atoms with Gasteiger partial charge in [0.15, 0.2) is 0 Å². The number of nitrogens with one attached hydrogen (secondary N) is 1. The predicted molar refractivity (Wildman–Crippen MR) is 93.8 cm³/mol. The highest BCUT2D eigenvalue weighted by Gasteiger charge is 2.18. The van der Waals surface area contributed by atoms with E-state index >= 15 is 0 Å². The van der Waals surface area contributed by atoms with E-state index in [-0.39, 0.29) is 23.3 Å². The van der Waals surface area contributed by atoms with E-state index in [1.807, 2.05) is 39.0 Å². The molecule has 0 spiro atoms. The number of amides is 1. The number of benzene rings is 1. The Bertz CT molecular complexity index is 774. The zero-order valence-electron chi connectivity index (χ0n) is 14.8. The molecule has 1 aromatic heterocycles. The third-order valence-electron chi connectivity index (χ3n) is 3.66. The number of ether oxygens (including phenoxy) is 2. The predicted octanol–water partition coefficient (Wildman–Crippen LogP) is 3.07. The maximum Gasteiger partial charge on any atom is 0.356 e. The number of aromatic nitrogens is 1. The van der Waals surface area contributed by atoms with E-state index in [4.69, 9.17) is 4.74 Å². The van der Waals surface area contributed by atoms with Gasteiger partial charge >= 0.3 is 5.97 Å². The molecule has 0 aliphatic rings. The van der Waals surface area contributed by atoms with Crippen LogP contribution in [-0.4, -0.2) is 30.6 Å². The van der Waals surface area contributed by atoms with Crippen LogP contribution in [0.3, 0.4) is 0 Å². The summed E-state index contributed by atoms with van der Waals surface area (Å²) in [6.07, 6.45) is 0. The van der Waals surface area contributed by atoms with Crippen LogP contribution < -0.4 is 10.1 Å². The maximum atomic E-state index is 12.5. The van der Waals surface area contributed by atoms with Gasteiger partial charge in [0.05, 0.1) is 19.8 Å². The van der Waals surface area contributed by atoms with Crippen molar-refractivity contribution in [1.82, 2.24) is 10.3 Å². The van der Waals surface area contributed by atoms with Gasteiger partial charge in [-0.3, -0.25) is 4.79 Å². The number of pyridine rings is 1. The van der Waals surface area contributed by atoms with Crippen LogP contribution in [0.1, 0.15) is 52.0 Å². The Morgan fingerprint density at radius 1 is 1.20 bits per heavy atom. The van der Waals surface area contributed by atoms with Crippen molar-refractivity contribution in [2.75, 3.05) is 13.7 Å². The van der Waals surface area contributed by atoms with Gasteiger partial charge < -0.3 is 14.8 Å². The van der Waals surface area contributed by atoms with Crippen LogP contribution in [0.25, 0.3) is 0 Å². The first-order valence-corrected chi connectivity index (χ1v) is 8.05. The molecular weight excluding hydrogens is 320 g/mol. The summed E-state index contributed by atoms with van der Waals surface area (Å²) in [4.78, 5) is 28.1. The van der Waals surface area contributed by atoms with E-state index < -0.39 is 5.97 Å². The summed E-state index contributed by atoms with van der Waals surface area (Å²) in [5.41, 5.74) is 2.21. The number of aryl methyl sites for hydroxylation is 1. The number of nitrogens with zero attached hydrogens (tertiary/aromatic N) is 1. The van der Waals surface area contributed by atoms with Crippen LogP contribution in [0.15, 0.2) is 36.4 Å². The second-order valence-corrected chi connectivity index (χ2v) is 5.57. The Kier molecular flexibility index (Phi) is 6.11. The molecular formula is C19H22N2O4. The number of hydrogen-bond donors (Lipinski definition) is 1. The van der Waals surface area contributed by atoms with Gasteiger partial charge in [-0.15, -0.1) is 0 Å². The van der Waals surface area contributed by atoms with Gasteiger partial charge in [-0.25, -0.2) is 9.78 Å². The van der Waals surface area contributed by atoms with Crippen LogP contribution in [0.5, 0.6) is 5.75 Å². The largest absolute Gasteiger partial charge is 0.494 e. The molecule has 0 fully saturated rings. The fourth-order valence-corrected chi connectivity index (χ4v) is 2.42. The summed E-state index contributed by atoms with van der Waals surface area (Å²) >= 11 is 0. The molecule has 0 saturated heterocycles. The molecule has 1 heterocycles. The number of esters is 1. The smallest absolute Gasteiger partial charge is 0.356 e. The van der Waals surface area contributed by atoms with E-state index in [1.54, 1.807) is 12.1 Å². The van der Waals surface area contributed by atoms with Gasteiger partial charge in [-0.2, -0.15) is 0 Å². The van der Waals surface area contributed by atoms with Gasteiger partial charge in [-0.05, 0) is 39.0 Å². The molecule has 1 aromatic carbocycles. The first-order valence-electron chi connectivity index (χ1n) is 8.05. The first-order chi connectivity index (χ1) is 12.0. The van der Waals surface area contributed by atoms with Crippen LogP contribution in [0.4, 0.5) is 0 Å². The number of carbonyl (C=O) groups is 2. The molecule has 0 radical (unpaired) electrons. The van der Waals surface area contributed by atoms with Crippen molar-refractivity contribution >= 4 is 11.9 Å². The lowest BCUT2D eigenvalue weighted by Gasteiger charge is -2.18. The normalized spacial score (nSPS) is 11.5. The summed E-state index contributed by atoms with van der Waals surface area (Å²) < 4.78 is 10.3. The minimum Gasteiger partial charge on any atom is -0.494 e. The van der Waals surface area contributed by atoms with Crippen molar-refractivity contribution in [3.63, 3.8) is 0 Å². The molecule has 0 aliphatic carbocycles. The fraction of sp³-hybridized carbons (Fsp3) is 0.316. The molecule has 6 nitrogen and oxygen atoms in total. The van der Waals surface area contributed by atoms with Gasteiger partial charge in [-0.1, -0.05) is 23.8 Å². The fourth-order valence-electron chi connectivity index (χ4n) is 2.42. The van der Waals surface area contributed by atoms with Gasteiger partial charge in [0, 0.05) is 5.56 Å². The highest BCUT2D eigenvalue weighted by atomic mass is 16.5. The Morgan fingerprint density at radius 3 is 2.60 bits per heavy atom. The average molecular weight is 342 g/mol. The second-order valence-electron chi connectivity index (χ2n) is 5.57. The monoisotopic (exact) mass is 342 g/mol. The number of rotatable bonds is 6. The lowest BCUT2D eigenvalue weighted by Crippen LogP contribution is -2.28. The SMILES string of the molecule is CCOc1ccc(C)cc1C(C)NC(=O)c1cccc(C(=O)OC)n1. The minimum absolute atomic E-state index is 0.0911. The Morgan fingerprint density at radius 2 is 1.92 bits per heavy atom. The maximum absolute atomic E-state index is 12.5. The van der Waals surface area contributed by atoms with Gasteiger partial charge in [0.1, 0.15) is 17.1 Å². The van der Waals surface area contributed by atoms with Crippen molar-refractivity contribution in [2.24, 2.45) is 0 Å². The minimum atomic E-state index is -0.583. The van der Waals surface area contributed by atoms with E-state index in [0.717, 1.165) is 16.9 Å². The summed E-state index contributed by atoms with van der Waals surface area (Å²) in [5.74, 6) is -0.223. The summed E-state index contributed by atoms with van der Waals surface area (Å²) in [6.45, 7) is 6.31. The third kappa shape index (κ3) is 4.56. The molecule has 132 valence electrons. The van der Waals surface area contributed by atoms with E-state index in [9.17, 15) is 9.59 Å². The summed E-state index contributed by atoms with van der Waals surface area (Å²) in [5, 5.41) is 2.89. The Labute approximate surface area is 147 Å². The van der Waals surface area contributed by atoms with Crippen LogP contribution >= 0.6 is 0 Å². The molecule has 2 aromatic rings. The molecule has 0 saturated carbocycles. The van der Waals surface area contributed by atoms with Crippen molar-refractivity contribution in [3.05, 3.63) is 58.9 Å². The number of methoxy groups -OCH3 is 1. The average Bonchev–Trinajstić information content (AvgIpc) is 2.62. The third-order valence-corrected chi connectivity index (χ3v) is 3.66. The standard InChI is InChI=1S/C19H22N2O4/c1-5-25-17-10-9-12(2)11-14(17)13(3)20-18(22)15-7-6-8-16(21-15)19(23)24-4/h6-11,13H,5H2,1-4H3,(H,20,22). The van der Waals surface area contributed by atoms with Crippen molar-refractivity contribution in [2.45, 2.75) is 26.8 Å². The zero-order valence-corrected chi connectivity index (χ0v) is 14.8. The lowest BCUT2D eigenvalue weighted by atomic mass is 10.0. The molecule has 0 aliphatic heterocycles. The Balaban J connectivity index is 2.21. The van der Waals surface area contributed by atoms with Crippen molar-refractivity contribution in [1.29, 1.82) is 0 Å². The topological polar surface area (TPSA) is 77.5 Å². The molecule has 1 atom stereocenters. The summed E-state index contributed by atoms with van der Waals surface area (Å²) in [7, 11) is 1.27. The highest BCUT2D eigenvalue weighted by Crippen LogP contribution is 2.26. The molecule has 6 heteroatoms. The van der Waals surface area contributed by atoms with E-state index in [2.05, 4.69) is 15.0 Å². The number of carbonyl (C=O) groups excluding carboxylic acids is 2. The van der Waals surface area contributed by atoms with Crippen molar-refractivity contribution in [3.8, 4) is 5.75 Å². The first kappa shape index (κ1) is 18.4. The van der Waals surface area contributed by atoms with E-state index in [1.165, 1.54) is 13.2 Å². The molecule has 1 amide bonds. The lowest BCUT2D eigenvalue weighted by molar-refractivity contribution is 0.0594. The van der Waals surface area contributed by atoms with E-state index in [0.29, 0.717) is 6.61 Å². The van der Waals surface area contributed by atoms with Crippen molar-refractivity contribution < 1.29 is 19.1 Å². The molecule has 1 N–H and O–H groups in total. The summed E-state index contributed by atoms with van der Waals surface area (Å²) in [6, 6.07) is 10.2. The quantitative estimate of drug-likeness (QED) is 0.816. The van der Waals surface area contributed by atoms with Gasteiger partial charge in [0.2, 0.25) is 0 Å². The zero-order chi connectivity index (χ0) is 18.4. The molecule has 1 unspecified atom stereocenters. The van der Waals surface area contributed by atoms with Crippen LogP contribution in [0.2, 0.25) is 0 Å². The van der Waals surface area contributed by atoms with Gasteiger partial charge in [0.25, 0.3) is 5.91 Å². The molecule has 25 heavy (non-hydrogen) atoms. The van der Waals surface area contributed by atoms with Crippen LogP contribution in [0, 0.1) is 6.92 Å². The van der Waals surface area contributed by atoms with Crippen LogP contribution in [-0.2, 0) is 4.74 Å². The second kappa shape index (κ2) is 8.28. The molecule has 0 bridgehead atoms. The highest BCUT2D eigenvalue weighted by molar-refractivity contribution is 5.94.